The molecule has 18 heavy (non-hydrogen) atoms. The number of para-hydroxylation sites is 1. The quantitative estimate of drug-likeness (QED) is 0.879. The molecule has 0 spiro atoms. The fourth-order valence-electron chi connectivity index (χ4n) is 2.91. The first kappa shape index (κ1) is 13.4. The van der Waals surface area contributed by atoms with E-state index in [9.17, 15) is 5.11 Å². The van der Waals surface area contributed by atoms with E-state index in [0.29, 0.717) is 5.92 Å². The Hall–Kier alpha value is -1.02. The van der Waals surface area contributed by atoms with Gasteiger partial charge in [-0.05, 0) is 38.7 Å². The van der Waals surface area contributed by atoms with Crippen LogP contribution in [0.3, 0.4) is 0 Å². The highest BCUT2D eigenvalue weighted by Gasteiger charge is 2.39. The van der Waals surface area contributed by atoms with Crippen molar-refractivity contribution in [1.29, 1.82) is 0 Å². The highest BCUT2D eigenvalue weighted by molar-refractivity contribution is 5.39. The van der Waals surface area contributed by atoms with E-state index >= 15 is 0 Å². The van der Waals surface area contributed by atoms with Crippen molar-refractivity contribution in [2.75, 3.05) is 0 Å². The third kappa shape index (κ3) is 2.54. The third-order valence-corrected chi connectivity index (χ3v) is 3.98. The molecule has 0 saturated heterocycles. The summed E-state index contributed by atoms with van der Waals surface area (Å²) < 4.78 is 5.85. The van der Waals surface area contributed by atoms with E-state index in [2.05, 4.69) is 6.92 Å². The smallest absolute Gasteiger partial charge is 0.125 e. The monoisotopic (exact) mass is 248 g/mol. The highest BCUT2D eigenvalue weighted by atomic mass is 16.5. The van der Waals surface area contributed by atoms with Gasteiger partial charge in [-0.25, -0.2) is 0 Å². The molecule has 100 valence electrons. The lowest BCUT2D eigenvalue weighted by Gasteiger charge is -2.39. The Morgan fingerprint density at radius 1 is 1.28 bits per heavy atom. The predicted octanol–water partition coefficient (Wildman–Crippen LogP) is 3.87. The third-order valence-electron chi connectivity index (χ3n) is 3.98. The average molecular weight is 248 g/mol. The van der Waals surface area contributed by atoms with Gasteiger partial charge in [-0.3, -0.25) is 0 Å². The minimum absolute atomic E-state index is 0.133. The van der Waals surface area contributed by atoms with E-state index in [0.717, 1.165) is 30.6 Å². The summed E-state index contributed by atoms with van der Waals surface area (Å²) in [6.45, 7) is 6.18. The zero-order chi connectivity index (χ0) is 13.2. The minimum Gasteiger partial charge on any atom is -0.491 e. The molecule has 2 heteroatoms. The molecule has 2 nitrogen and oxygen atoms in total. The summed E-state index contributed by atoms with van der Waals surface area (Å²) in [4.78, 5) is 0. The number of ether oxygens (including phenoxy) is 1. The van der Waals surface area contributed by atoms with Gasteiger partial charge in [0.2, 0.25) is 0 Å². The van der Waals surface area contributed by atoms with E-state index in [-0.39, 0.29) is 6.10 Å². The zero-order valence-corrected chi connectivity index (χ0v) is 11.6. The van der Waals surface area contributed by atoms with Crippen LogP contribution in [-0.4, -0.2) is 11.2 Å². The van der Waals surface area contributed by atoms with Crippen molar-refractivity contribution in [2.45, 2.75) is 58.2 Å². The van der Waals surface area contributed by atoms with Crippen LogP contribution in [0.5, 0.6) is 5.75 Å². The topological polar surface area (TPSA) is 29.5 Å². The molecule has 1 N–H and O–H groups in total. The largest absolute Gasteiger partial charge is 0.491 e. The number of benzene rings is 1. The first-order valence-electron chi connectivity index (χ1n) is 7.02. The van der Waals surface area contributed by atoms with Crippen LogP contribution in [0.1, 0.15) is 52.0 Å². The fraction of sp³-hybridized carbons (Fsp3) is 0.625. The van der Waals surface area contributed by atoms with Crippen molar-refractivity contribution in [3.05, 3.63) is 29.8 Å². The van der Waals surface area contributed by atoms with Crippen molar-refractivity contribution in [2.24, 2.45) is 5.92 Å². The lowest BCUT2D eigenvalue weighted by Crippen LogP contribution is -2.36. The Morgan fingerprint density at radius 3 is 2.67 bits per heavy atom. The summed E-state index contributed by atoms with van der Waals surface area (Å²) in [6, 6.07) is 7.94. The Labute approximate surface area is 110 Å². The Balaban J connectivity index is 2.36. The van der Waals surface area contributed by atoms with Gasteiger partial charge in [-0.1, -0.05) is 38.0 Å². The van der Waals surface area contributed by atoms with E-state index in [1.807, 2.05) is 38.1 Å². The van der Waals surface area contributed by atoms with Gasteiger partial charge in [0.1, 0.15) is 5.75 Å². The van der Waals surface area contributed by atoms with Crippen molar-refractivity contribution in [3.63, 3.8) is 0 Å². The summed E-state index contributed by atoms with van der Waals surface area (Å²) in [5, 5.41) is 11.0. The van der Waals surface area contributed by atoms with Crippen LogP contribution in [-0.2, 0) is 5.60 Å². The van der Waals surface area contributed by atoms with Crippen LogP contribution in [0, 0.1) is 5.92 Å². The Kier molecular flexibility index (Phi) is 3.96. The second-order valence-electron chi connectivity index (χ2n) is 5.73. The van der Waals surface area contributed by atoms with Gasteiger partial charge < -0.3 is 9.84 Å². The second kappa shape index (κ2) is 5.31. The molecular weight excluding hydrogens is 224 g/mol. The molecule has 0 amide bonds. The van der Waals surface area contributed by atoms with Crippen LogP contribution in [0.25, 0.3) is 0 Å². The molecule has 1 aromatic rings. The molecule has 1 aromatic carbocycles. The number of hydrogen-bond donors (Lipinski definition) is 1. The molecule has 1 saturated carbocycles. The molecule has 0 aromatic heterocycles. The van der Waals surface area contributed by atoms with Crippen LogP contribution in [0.15, 0.2) is 24.3 Å². The normalized spacial score (nSPS) is 28.4. The molecule has 1 aliphatic carbocycles. The minimum atomic E-state index is -0.719. The summed E-state index contributed by atoms with van der Waals surface area (Å²) >= 11 is 0. The Bertz CT molecular complexity index is 400. The maximum atomic E-state index is 11.0. The van der Waals surface area contributed by atoms with Gasteiger partial charge >= 0.3 is 0 Å². The molecule has 0 aliphatic heterocycles. The first-order valence-corrected chi connectivity index (χ1v) is 7.02. The van der Waals surface area contributed by atoms with Gasteiger partial charge in [-0.15, -0.1) is 0 Å². The number of hydrogen-bond acceptors (Lipinski definition) is 2. The van der Waals surface area contributed by atoms with Gasteiger partial charge in [0.25, 0.3) is 0 Å². The summed E-state index contributed by atoms with van der Waals surface area (Å²) in [5.41, 5.74) is 0.245. The van der Waals surface area contributed by atoms with Crippen molar-refractivity contribution in [3.8, 4) is 5.75 Å². The summed E-state index contributed by atoms with van der Waals surface area (Å²) in [6.07, 6.45) is 4.38. The molecule has 0 bridgehead atoms. The molecular formula is C16H24O2. The average Bonchev–Trinajstić information content (AvgIpc) is 2.33. The lowest BCUT2D eigenvalue weighted by molar-refractivity contribution is -0.0492. The van der Waals surface area contributed by atoms with E-state index in [1.165, 1.54) is 6.42 Å². The van der Waals surface area contributed by atoms with Gasteiger partial charge in [-0.2, -0.15) is 0 Å². The lowest BCUT2D eigenvalue weighted by atomic mass is 9.72. The first-order chi connectivity index (χ1) is 8.54. The maximum absolute atomic E-state index is 11.0. The van der Waals surface area contributed by atoms with Gasteiger partial charge in [0.15, 0.2) is 0 Å². The van der Waals surface area contributed by atoms with E-state index in [4.69, 9.17) is 4.74 Å². The zero-order valence-electron chi connectivity index (χ0n) is 11.6. The molecule has 1 fully saturated rings. The van der Waals surface area contributed by atoms with Crippen LogP contribution >= 0.6 is 0 Å². The molecule has 1 aliphatic rings. The standard InChI is InChI=1S/C16H24O2/c1-12(2)18-15-10-5-4-9-14(15)16(17)11-7-6-8-13(16)3/h4-5,9-10,12-13,17H,6-8,11H2,1-3H3. The predicted molar refractivity (Wildman–Crippen MR) is 73.7 cm³/mol. The van der Waals surface area contributed by atoms with Crippen molar-refractivity contribution in [1.82, 2.24) is 0 Å². The van der Waals surface area contributed by atoms with E-state index < -0.39 is 5.60 Å². The van der Waals surface area contributed by atoms with Crippen molar-refractivity contribution >= 4 is 0 Å². The summed E-state index contributed by atoms with van der Waals surface area (Å²) in [7, 11) is 0. The maximum Gasteiger partial charge on any atom is 0.125 e. The van der Waals surface area contributed by atoms with E-state index in [1.54, 1.807) is 0 Å². The Morgan fingerprint density at radius 2 is 2.00 bits per heavy atom. The second-order valence-corrected chi connectivity index (χ2v) is 5.73. The summed E-state index contributed by atoms with van der Waals surface area (Å²) in [5.74, 6) is 1.13. The van der Waals surface area contributed by atoms with Crippen LogP contribution in [0.2, 0.25) is 0 Å². The molecule has 2 unspecified atom stereocenters. The highest BCUT2D eigenvalue weighted by Crippen LogP contribution is 2.44. The molecule has 2 atom stereocenters. The fourth-order valence-corrected chi connectivity index (χ4v) is 2.91. The van der Waals surface area contributed by atoms with Gasteiger partial charge in [0, 0.05) is 5.56 Å². The SMILES string of the molecule is CC(C)Oc1ccccc1C1(O)CCCCC1C. The number of aliphatic hydroxyl groups is 1. The van der Waals surface area contributed by atoms with Crippen LogP contribution < -0.4 is 4.74 Å². The number of rotatable bonds is 3. The van der Waals surface area contributed by atoms with Gasteiger partial charge in [0.05, 0.1) is 11.7 Å². The molecule has 2 rings (SSSR count). The molecule has 0 radical (unpaired) electrons. The van der Waals surface area contributed by atoms with Crippen LogP contribution in [0.4, 0.5) is 0 Å². The molecule has 0 heterocycles. The van der Waals surface area contributed by atoms with Crippen molar-refractivity contribution < 1.29 is 9.84 Å².